The molecule has 0 radical (unpaired) electrons. The summed E-state index contributed by atoms with van der Waals surface area (Å²) in [6, 6.07) is 20.5. The second-order valence-electron chi connectivity index (χ2n) is 7.50. The van der Waals surface area contributed by atoms with Crippen molar-refractivity contribution in [3.63, 3.8) is 0 Å². The van der Waals surface area contributed by atoms with Crippen molar-refractivity contribution >= 4 is 33.2 Å². The Hall–Kier alpha value is -2.83. The van der Waals surface area contributed by atoms with E-state index in [1.54, 1.807) is 12.1 Å². The maximum Gasteiger partial charge on any atom is 0.264 e. The molecule has 0 saturated heterocycles. The van der Waals surface area contributed by atoms with Crippen LogP contribution in [0.1, 0.15) is 29.7 Å². The Kier molecular flexibility index (Phi) is 7.03. The van der Waals surface area contributed by atoms with Crippen molar-refractivity contribution in [2.75, 3.05) is 10.8 Å². The van der Waals surface area contributed by atoms with E-state index in [-0.39, 0.29) is 17.5 Å². The lowest BCUT2D eigenvalue weighted by atomic mass is 10.1. The Labute approximate surface area is 188 Å². The summed E-state index contributed by atoms with van der Waals surface area (Å²) < 4.78 is 27.8. The van der Waals surface area contributed by atoms with Crippen molar-refractivity contribution in [2.45, 2.75) is 31.7 Å². The number of nitrogens with zero attached hydrogens (tertiary/aromatic N) is 1. The molecular weight excluding hydrogens is 432 g/mol. The molecule has 0 fully saturated rings. The van der Waals surface area contributed by atoms with E-state index in [0.29, 0.717) is 10.7 Å². The zero-order valence-electron chi connectivity index (χ0n) is 17.7. The van der Waals surface area contributed by atoms with Gasteiger partial charge < -0.3 is 5.32 Å². The number of aryl methyl sites for hydroxylation is 2. The second-order valence-corrected chi connectivity index (χ2v) is 9.80. The van der Waals surface area contributed by atoms with Gasteiger partial charge in [-0.2, -0.15) is 0 Å². The smallest absolute Gasteiger partial charge is 0.264 e. The van der Waals surface area contributed by atoms with Gasteiger partial charge >= 0.3 is 0 Å². The molecule has 3 aromatic carbocycles. The molecular formula is C24H25ClN2O3S. The largest absolute Gasteiger partial charge is 0.348 e. The van der Waals surface area contributed by atoms with Crippen LogP contribution in [-0.2, 0) is 14.8 Å². The predicted molar refractivity (Wildman–Crippen MR) is 125 cm³/mol. The summed E-state index contributed by atoms with van der Waals surface area (Å²) in [6.07, 6.45) is 0. The second kappa shape index (κ2) is 9.54. The molecule has 0 aliphatic carbocycles. The van der Waals surface area contributed by atoms with E-state index in [4.69, 9.17) is 11.6 Å². The van der Waals surface area contributed by atoms with Crippen molar-refractivity contribution in [3.8, 4) is 0 Å². The number of carbonyl (C=O) groups is 1. The predicted octanol–water partition coefficient (Wildman–Crippen LogP) is 5.03. The Bertz CT molecular complexity index is 1140. The summed E-state index contributed by atoms with van der Waals surface area (Å²) >= 11 is 5.91. The molecule has 1 amide bonds. The lowest BCUT2D eigenvalue weighted by molar-refractivity contribution is -0.120. The first-order valence-corrected chi connectivity index (χ1v) is 11.7. The summed E-state index contributed by atoms with van der Waals surface area (Å²) in [5.74, 6) is -0.397. The van der Waals surface area contributed by atoms with Crippen LogP contribution in [0, 0.1) is 13.8 Å². The van der Waals surface area contributed by atoms with Crippen LogP contribution in [0.4, 0.5) is 5.69 Å². The van der Waals surface area contributed by atoms with E-state index in [9.17, 15) is 13.2 Å². The van der Waals surface area contributed by atoms with E-state index in [0.717, 1.165) is 21.0 Å². The monoisotopic (exact) mass is 456 g/mol. The van der Waals surface area contributed by atoms with Crippen molar-refractivity contribution in [1.29, 1.82) is 0 Å². The quantitative estimate of drug-likeness (QED) is 0.542. The van der Waals surface area contributed by atoms with Crippen LogP contribution in [0.15, 0.2) is 77.7 Å². The maximum atomic E-state index is 13.4. The van der Waals surface area contributed by atoms with Gasteiger partial charge in [0.05, 0.1) is 16.6 Å². The number of rotatable bonds is 7. The molecule has 0 saturated carbocycles. The fraction of sp³-hybridized carbons (Fsp3) is 0.208. The minimum atomic E-state index is -3.97. The Morgan fingerprint density at radius 3 is 1.97 bits per heavy atom. The van der Waals surface area contributed by atoms with Crippen LogP contribution in [0.5, 0.6) is 0 Å². The van der Waals surface area contributed by atoms with Gasteiger partial charge in [-0.3, -0.25) is 9.10 Å². The third-order valence-electron chi connectivity index (χ3n) is 4.97. The Balaban J connectivity index is 1.87. The highest BCUT2D eigenvalue weighted by Crippen LogP contribution is 2.25. The molecule has 1 unspecified atom stereocenters. The first-order valence-electron chi connectivity index (χ1n) is 9.88. The zero-order valence-corrected chi connectivity index (χ0v) is 19.2. The SMILES string of the molecule is Cc1ccc(C(C)NC(=O)CN(c2ccc(C)cc2)S(=O)(=O)c2ccc(Cl)cc2)cc1. The van der Waals surface area contributed by atoms with Gasteiger partial charge in [0.25, 0.3) is 10.0 Å². The van der Waals surface area contributed by atoms with Gasteiger partial charge in [0, 0.05) is 5.02 Å². The molecule has 5 nitrogen and oxygen atoms in total. The number of amides is 1. The van der Waals surface area contributed by atoms with Crippen LogP contribution >= 0.6 is 11.6 Å². The molecule has 0 aromatic heterocycles. The van der Waals surface area contributed by atoms with Crippen molar-refractivity contribution in [3.05, 3.63) is 94.5 Å². The fourth-order valence-corrected chi connectivity index (χ4v) is 4.66. The van der Waals surface area contributed by atoms with Crippen LogP contribution in [0.2, 0.25) is 5.02 Å². The number of hydrogen-bond donors (Lipinski definition) is 1. The average Bonchev–Trinajstić information content (AvgIpc) is 2.73. The Morgan fingerprint density at radius 2 is 1.42 bits per heavy atom. The topological polar surface area (TPSA) is 66.5 Å². The minimum Gasteiger partial charge on any atom is -0.348 e. The molecule has 0 aliphatic rings. The standard InChI is InChI=1S/C24H25ClN2O3S/c1-17-4-8-20(9-5-17)19(3)26-24(28)16-27(22-12-6-18(2)7-13-22)31(29,30)23-14-10-21(25)11-15-23/h4-15,19H,16H2,1-3H3,(H,26,28). The molecule has 7 heteroatoms. The zero-order chi connectivity index (χ0) is 22.6. The molecule has 162 valence electrons. The normalized spacial score (nSPS) is 12.3. The molecule has 1 N–H and O–H groups in total. The minimum absolute atomic E-state index is 0.0665. The third kappa shape index (κ3) is 5.66. The van der Waals surface area contributed by atoms with Crippen LogP contribution in [0.25, 0.3) is 0 Å². The highest BCUT2D eigenvalue weighted by molar-refractivity contribution is 7.92. The van der Waals surface area contributed by atoms with E-state index in [1.165, 1.54) is 24.3 Å². The lowest BCUT2D eigenvalue weighted by Gasteiger charge is -2.25. The van der Waals surface area contributed by atoms with Gasteiger partial charge in [-0.1, -0.05) is 59.1 Å². The van der Waals surface area contributed by atoms with Crippen LogP contribution < -0.4 is 9.62 Å². The van der Waals surface area contributed by atoms with Gasteiger partial charge in [0.15, 0.2) is 0 Å². The molecule has 0 spiro atoms. The van der Waals surface area contributed by atoms with Gasteiger partial charge in [-0.25, -0.2) is 8.42 Å². The summed E-state index contributed by atoms with van der Waals surface area (Å²) in [7, 11) is -3.97. The summed E-state index contributed by atoms with van der Waals surface area (Å²) in [4.78, 5) is 12.9. The van der Waals surface area contributed by atoms with E-state index in [1.807, 2.05) is 57.2 Å². The number of hydrogen-bond acceptors (Lipinski definition) is 3. The fourth-order valence-electron chi connectivity index (χ4n) is 3.12. The van der Waals surface area contributed by atoms with Gasteiger partial charge in [-0.15, -0.1) is 0 Å². The number of carbonyl (C=O) groups excluding carboxylic acids is 1. The maximum absolute atomic E-state index is 13.4. The summed E-state index contributed by atoms with van der Waals surface area (Å²) in [5, 5.41) is 3.33. The number of nitrogens with one attached hydrogen (secondary N) is 1. The van der Waals surface area contributed by atoms with Gasteiger partial charge in [-0.05, 0) is 62.7 Å². The number of benzene rings is 3. The van der Waals surface area contributed by atoms with E-state index in [2.05, 4.69) is 5.32 Å². The van der Waals surface area contributed by atoms with Gasteiger partial charge in [0.2, 0.25) is 5.91 Å². The van der Waals surface area contributed by atoms with Crippen LogP contribution in [0.3, 0.4) is 0 Å². The highest BCUT2D eigenvalue weighted by Gasteiger charge is 2.27. The first-order chi connectivity index (χ1) is 14.7. The van der Waals surface area contributed by atoms with Gasteiger partial charge in [0.1, 0.15) is 6.54 Å². The number of sulfonamides is 1. The average molecular weight is 457 g/mol. The van der Waals surface area contributed by atoms with Crippen molar-refractivity contribution in [2.24, 2.45) is 0 Å². The third-order valence-corrected chi connectivity index (χ3v) is 7.01. The summed E-state index contributed by atoms with van der Waals surface area (Å²) in [6.45, 7) is 5.43. The molecule has 31 heavy (non-hydrogen) atoms. The summed E-state index contributed by atoms with van der Waals surface area (Å²) in [5.41, 5.74) is 3.48. The first kappa shape index (κ1) is 22.8. The molecule has 0 heterocycles. The molecule has 1 atom stereocenters. The molecule has 0 bridgehead atoms. The lowest BCUT2D eigenvalue weighted by Crippen LogP contribution is -2.41. The number of anilines is 1. The highest BCUT2D eigenvalue weighted by atomic mass is 35.5. The van der Waals surface area contributed by atoms with Crippen LogP contribution in [-0.4, -0.2) is 20.9 Å². The molecule has 0 aliphatic heterocycles. The number of halogens is 1. The Morgan fingerprint density at radius 1 is 0.903 bits per heavy atom. The van der Waals surface area contributed by atoms with E-state index >= 15 is 0 Å². The van der Waals surface area contributed by atoms with Crippen molar-refractivity contribution < 1.29 is 13.2 Å². The van der Waals surface area contributed by atoms with Crippen molar-refractivity contribution in [1.82, 2.24) is 5.32 Å². The molecule has 3 rings (SSSR count). The van der Waals surface area contributed by atoms with E-state index < -0.39 is 15.9 Å². The molecule has 3 aromatic rings.